The Kier molecular flexibility index (Phi) is 8.61. The predicted octanol–water partition coefficient (Wildman–Crippen LogP) is 2.07. The van der Waals surface area contributed by atoms with Gasteiger partial charge < -0.3 is 18.9 Å². The molecule has 0 saturated heterocycles. The number of hydrogen-bond acceptors (Lipinski definition) is 6. The Labute approximate surface area is 113 Å². The van der Waals surface area contributed by atoms with E-state index in [2.05, 4.69) is 11.3 Å². The minimum atomic E-state index is -0.722. The smallest absolute Gasteiger partial charge is 0.460 e. The van der Waals surface area contributed by atoms with Crippen LogP contribution in [0.3, 0.4) is 0 Å². The van der Waals surface area contributed by atoms with Crippen LogP contribution in [-0.4, -0.2) is 44.2 Å². The number of carbonyl (C=O) groups is 2. The van der Waals surface area contributed by atoms with E-state index in [0.29, 0.717) is 5.57 Å². The van der Waals surface area contributed by atoms with E-state index in [1.165, 1.54) is 0 Å². The lowest BCUT2D eigenvalue weighted by Crippen LogP contribution is -2.26. The zero-order valence-electron chi connectivity index (χ0n) is 11.9. The second-order valence-electron chi connectivity index (χ2n) is 4.13. The van der Waals surface area contributed by atoms with E-state index in [-0.39, 0.29) is 25.9 Å². The summed E-state index contributed by atoms with van der Waals surface area (Å²) in [6.07, 6.45) is -1.45. The van der Waals surface area contributed by atoms with Crippen molar-refractivity contribution >= 4 is 12.1 Å². The summed E-state index contributed by atoms with van der Waals surface area (Å²) >= 11 is 0. The Morgan fingerprint density at radius 3 is 2.26 bits per heavy atom. The number of rotatable bonds is 8. The third-order valence-corrected chi connectivity index (χ3v) is 1.97. The number of esters is 1. The Bertz CT molecular complexity index is 312. The maximum absolute atomic E-state index is 11.1. The van der Waals surface area contributed by atoms with Gasteiger partial charge in [0.05, 0.1) is 19.3 Å². The second-order valence-corrected chi connectivity index (χ2v) is 4.13. The van der Waals surface area contributed by atoms with Crippen LogP contribution in [0.1, 0.15) is 27.7 Å². The number of hydrogen-bond donors (Lipinski definition) is 0. The topological polar surface area (TPSA) is 71.1 Å². The first-order chi connectivity index (χ1) is 8.86. The van der Waals surface area contributed by atoms with Gasteiger partial charge in [0.1, 0.15) is 12.7 Å². The monoisotopic (exact) mass is 274 g/mol. The SMILES string of the molecule is C=C(C)C(=O)OCC(C)OCC(C)OC(=O)OCC. The molecule has 0 aliphatic carbocycles. The van der Waals surface area contributed by atoms with Gasteiger partial charge in [0.15, 0.2) is 0 Å². The van der Waals surface area contributed by atoms with E-state index < -0.39 is 18.2 Å². The zero-order valence-corrected chi connectivity index (χ0v) is 11.9. The fourth-order valence-electron chi connectivity index (χ4n) is 1.01. The number of carbonyl (C=O) groups excluding carboxylic acids is 2. The van der Waals surface area contributed by atoms with Crippen LogP contribution in [0.15, 0.2) is 12.2 Å². The molecule has 19 heavy (non-hydrogen) atoms. The van der Waals surface area contributed by atoms with E-state index in [4.69, 9.17) is 14.2 Å². The third-order valence-electron chi connectivity index (χ3n) is 1.97. The molecule has 0 aromatic rings. The summed E-state index contributed by atoms with van der Waals surface area (Å²) < 4.78 is 19.8. The van der Waals surface area contributed by atoms with Crippen molar-refractivity contribution in [3.05, 3.63) is 12.2 Å². The molecule has 0 amide bonds. The standard InChI is InChI=1S/C13H22O6/c1-6-16-13(15)19-11(5)8-17-10(4)7-18-12(14)9(2)3/h10-11H,2,6-8H2,1,3-5H3. The van der Waals surface area contributed by atoms with Gasteiger partial charge in [-0.15, -0.1) is 0 Å². The lowest BCUT2D eigenvalue weighted by atomic mass is 10.3. The van der Waals surface area contributed by atoms with Gasteiger partial charge in [-0.3, -0.25) is 0 Å². The minimum Gasteiger partial charge on any atom is -0.460 e. The summed E-state index contributed by atoms with van der Waals surface area (Å²) in [6.45, 7) is 10.8. The second kappa shape index (κ2) is 9.38. The molecule has 6 heteroatoms. The lowest BCUT2D eigenvalue weighted by molar-refractivity contribution is -0.143. The molecule has 0 heterocycles. The molecule has 6 nitrogen and oxygen atoms in total. The summed E-state index contributed by atoms with van der Waals surface area (Å²) in [4.78, 5) is 22.1. The largest absolute Gasteiger partial charge is 0.508 e. The van der Waals surface area contributed by atoms with Gasteiger partial charge in [-0.1, -0.05) is 6.58 Å². The Morgan fingerprint density at radius 1 is 1.11 bits per heavy atom. The van der Waals surface area contributed by atoms with Gasteiger partial charge in [0.2, 0.25) is 0 Å². The molecule has 2 atom stereocenters. The van der Waals surface area contributed by atoms with Gasteiger partial charge in [-0.2, -0.15) is 0 Å². The Balaban J connectivity index is 3.77. The lowest BCUT2D eigenvalue weighted by Gasteiger charge is -2.17. The molecule has 0 aromatic carbocycles. The van der Waals surface area contributed by atoms with Crippen molar-refractivity contribution in [2.75, 3.05) is 19.8 Å². The molecule has 0 spiro atoms. The van der Waals surface area contributed by atoms with Crippen molar-refractivity contribution in [3.63, 3.8) is 0 Å². The molecular formula is C13H22O6. The highest BCUT2D eigenvalue weighted by atomic mass is 16.7. The molecule has 0 aliphatic heterocycles. The summed E-state index contributed by atoms with van der Waals surface area (Å²) in [5.41, 5.74) is 0.339. The molecule has 0 fully saturated rings. The van der Waals surface area contributed by atoms with Crippen LogP contribution in [0.5, 0.6) is 0 Å². The first-order valence-electron chi connectivity index (χ1n) is 6.14. The molecule has 0 rings (SSSR count). The summed E-state index contributed by atoms with van der Waals surface area (Å²) in [5.74, 6) is -0.453. The predicted molar refractivity (Wildman–Crippen MR) is 68.8 cm³/mol. The first-order valence-corrected chi connectivity index (χ1v) is 6.14. The molecule has 2 unspecified atom stereocenters. The van der Waals surface area contributed by atoms with E-state index in [1.54, 1.807) is 27.7 Å². The highest BCUT2D eigenvalue weighted by molar-refractivity contribution is 5.86. The van der Waals surface area contributed by atoms with Crippen LogP contribution in [0.2, 0.25) is 0 Å². The van der Waals surface area contributed by atoms with Crippen molar-refractivity contribution in [3.8, 4) is 0 Å². The van der Waals surface area contributed by atoms with Crippen molar-refractivity contribution in [1.82, 2.24) is 0 Å². The molecule has 0 aromatic heterocycles. The molecule has 0 saturated carbocycles. The number of ether oxygens (including phenoxy) is 4. The van der Waals surface area contributed by atoms with Gasteiger partial charge in [0.25, 0.3) is 0 Å². The van der Waals surface area contributed by atoms with Crippen LogP contribution in [0, 0.1) is 0 Å². The third kappa shape index (κ3) is 9.07. The van der Waals surface area contributed by atoms with Crippen LogP contribution in [0.25, 0.3) is 0 Å². The van der Waals surface area contributed by atoms with Crippen molar-refractivity contribution in [2.45, 2.75) is 39.9 Å². The maximum atomic E-state index is 11.1. The summed E-state index contributed by atoms with van der Waals surface area (Å²) in [5, 5.41) is 0. The van der Waals surface area contributed by atoms with E-state index in [1.807, 2.05) is 0 Å². The zero-order chi connectivity index (χ0) is 14.8. The molecule has 0 aliphatic rings. The molecule has 0 N–H and O–H groups in total. The maximum Gasteiger partial charge on any atom is 0.508 e. The quantitative estimate of drug-likeness (QED) is 0.498. The van der Waals surface area contributed by atoms with Gasteiger partial charge in [-0.05, 0) is 27.7 Å². The van der Waals surface area contributed by atoms with Crippen molar-refractivity contribution in [1.29, 1.82) is 0 Å². The molecule has 110 valence electrons. The summed E-state index contributed by atoms with van der Waals surface area (Å²) in [7, 11) is 0. The Morgan fingerprint density at radius 2 is 1.74 bits per heavy atom. The fraction of sp³-hybridized carbons (Fsp3) is 0.692. The summed E-state index contributed by atoms with van der Waals surface area (Å²) in [6, 6.07) is 0. The fourth-order valence-corrected chi connectivity index (χ4v) is 1.01. The van der Waals surface area contributed by atoms with E-state index in [0.717, 1.165) is 0 Å². The van der Waals surface area contributed by atoms with Gasteiger partial charge in [-0.25, -0.2) is 9.59 Å². The molecule has 0 bridgehead atoms. The van der Waals surface area contributed by atoms with Crippen LogP contribution in [0.4, 0.5) is 4.79 Å². The van der Waals surface area contributed by atoms with E-state index in [9.17, 15) is 9.59 Å². The van der Waals surface area contributed by atoms with Crippen LogP contribution < -0.4 is 0 Å². The van der Waals surface area contributed by atoms with Crippen LogP contribution in [-0.2, 0) is 23.7 Å². The van der Waals surface area contributed by atoms with Crippen molar-refractivity contribution < 1.29 is 28.5 Å². The highest BCUT2D eigenvalue weighted by Crippen LogP contribution is 2.01. The normalized spacial score (nSPS) is 13.3. The minimum absolute atomic E-state index is 0.123. The molecular weight excluding hydrogens is 252 g/mol. The van der Waals surface area contributed by atoms with E-state index >= 15 is 0 Å². The average Bonchev–Trinajstić information content (AvgIpc) is 2.33. The Hall–Kier alpha value is -1.56. The molecule has 0 radical (unpaired) electrons. The van der Waals surface area contributed by atoms with Crippen molar-refractivity contribution in [2.24, 2.45) is 0 Å². The van der Waals surface area contributed by atoms with Gasteiger partial charge >= 0.3 is 12.1 Å². The first kappa shape index (κ1) is 17.4. The van der Waals surface area contributed by atoms with Crippen LogP contribution >= 0.6 is 0 Å². The highest BCUT2D eigenvalue weighted by Gasteiger charge is 2.13. The van der Waals surface area contributed by atoms with Gasteiger partial charge in [0, 0.05) is 5.57 Å². The average molecular weight is 274 g/mol.